The van der Waals surface area contributed by atoms with Crippen molar-refractivity contribution in [3.05, 3.63) is 157 Å². The van der Waals surface area contributed by atoms with E-state index < -0.39 is 41.1 Å². The average Bonchev–Trinajstić information content (AvgIpc) is 3.08. The van der Waals surface area contributed by atoms with Crippen molar-refractivity contribution in [1.82, 2.24) is 9.46 Å². The van der Waals surface area contributed by atoms with Gasteiger partial charge in [0, 0.05) is 10.0 Å². The number of rotatable bonds is 10. The van der Waals surface area contributed by atoms with Gasteiger partial charge in [-0.3, -0.25) is 18.2 Å². The first kappa shape index (κ1) is 40.3. The molecule has 0 aliphatic heterocycles. The molecule has 0 N–H and O–H groups in total. The van der Waals surface area contributed by atoms with E-state index in [1.54, 1.807) is 86.7 Å². The summed E-state index contributed by atoms with van der Waals surface area (Å²) in [5, 5.41) is 1.04. The molecule has 2 aromatic heterocycles. The Balaban J connectivity index is 1.60. The molecule has 53 heavy (non-hydrogen) atoms. The van der Waals surface area contributed by atoms with Crippen LogP contribution in [0.1, 0.15) is 50.3 Å². The molecule has 0 fully saturated rings. The molecule has 276 valence electrons. The summed E-state index contributed by atoms with van der Waals surface area (Å²) in [7, 11) is -9.81. The van der Waals surface area contributed by atoms with Gasteiger partial charge in [0.25, 0.3) is 11.1 Å². The maximum atomic E-state index is 14.1. The Hall–Kier alpha value is -3.92. The van der Waals surface area contributed by atoms with Gasteiger partial charge in [-0.25, -0.2) is 0 Å². The van der Waals surface area contributed by atoms with E-state index in [2.05, 4.69) is 31.9 Å². The summed E-state index contributed by atoms with van der Waals surface area (Å²) in [4.78, 5) is 25.8. The standard InChI is InChI=1S/C37H30Br2Cl2N2O8S2/c1-21-19-30(16-10-26-6-12-28(40)13-7-26)42(36(44)32(21)38)50-52(46,47)34-23(3)18-24(4)35(25(34)5)53(48,49)51-43-31(20-22(2)33(39)37(43)45)17-11-27-8-14-29(41)15-9-27/h6-20H,1-5H3. The Bertz CT molecular complexity index is 2490. The minimum Gasteiger partial charge on any atom is -0.280 e. The predicted octanol–water partition coefficient (Wildman–Crippen LogP) is 8.36. The molecule has 5 rings (SSSR count). The van der Waals surface area contributed by atoms with Gasteiger partial charge in [-0.15, -0.1) is 9.46 Å². The highest BCUT2D eigenvalue weighted by molar-refractivity contribution is 9.10. The zero-order valence-electron chi connectivity index (χ0n) is 28.6. The first-order chi connectivity index (χ1) is 24.8. The van der Waals surface area contributed by atoms with Crippen LogP contribution in [0.4, 0.5) is 0 Å². The summed E-state index contributed by atoms with van der Waals surface area (Å²) >= 11 is 18.4. The minimum absolute atomic E-state index is 0.0565. The van der Waals surface area contributed by atoms with Crippen molar-refractivity contribution in [3.63, 3.8) is 0 Å². The van der Waals surface area contributed by atoms with Crippen LogP contribution >= 0.6 is 55.1 Å². The largest absolute Gasteiger partial charge is 0.357 e. The van der Waals surface area contributed by atoms with Gasteiger partial charge in [0.1, 0.15) is 9.79 Å². The zero-order valence-corrected chi connectivity index (χ0v) is 35.0. The van der Waals surface area contributed by atoms with Gasteiger partial charge in [0.2, 0.25) is 0 Å². The number of aromatic nitrogens is 2. The average molecular weight is 926 g/mol. The first-order valence-corrected chi connectivity index (χ1v) is 20.7. The van der Waals surface area contributed by atoms with Gasteiger partial charge in [-0.1, -0.05) is 65.7 Å². The molecule has 5 aromatic rings. The van der Waals surface area contributed by atoms with Gasteiger partial charge in [-0.2, -0.15) is 16.8 Å². The third-order valence-electron chi connectivity index (χ3n) is 7.94. The van der Waals surface area contributed by atoms with E-state index in [4.69, 9.17) is 31.8 Å². The summed E-state index contributed by atoms with van der Waals surface area (Å²) in [6, 6.07) is 18.0. The summed E-state index contributed by atoms with van der Waals surface area (Å²) in [6.45, 7) is 7.52. The van der Waals surface area contributed by atoms with Crippen LogP contribution in [-0.4, -0.2) is 26.3 Å². The molecule has 2 heterocycles. The smallest absolute Gasteiger partial charge is 0.280 e. The summed E-state index contributed by atoms with van der Waals surface area (Å²) in [6.07, 6.45) is 6.27. The summed E-state index contributed by atoms with van der Waals surface area (Å²) in [5.74, 6) is 0. The van der Waals surface area contributed by atoms with Crippen molar-refractivity contribution in [3.8, 4) is 0 Å². The van der Waals surface area contributed by atoms with E-state index in [1.807, 2.05) is 0 Å². The fourth-order valence-electron chi connectivity index (χ4n) is 5.52. The van der Waals surface area contributed by atoms with E-state index >= 15 is 0 Å². The molecule has 0 aliphatic rings. The Kier molecular flexibility index (Phi) is 12.0. The summed E-state index contributed by atoms with van der Waals surface area (Å²) in [5.41, 5.74) is 0.994. The predicted molar refractivity (Wildman–Crippen MR) is 215 cm³/mol. The van der Waals surface area contributed by atoms with Crippen molar-refractivity contribution in [1.29, 1.82) is 0 Å². The van der Waals surface area contributed by atoms with Crippen LogP contribution < -0.4 is 19.7 Å². The molecule has 0 saturated carbocycles. The number of halogens is 4. The van der Waals surface area contributed by atoms with Crippen molar-refractivity contribution in [2.75, 3.05) is 0 Å². The van der Waals surface area contributed by atoms with Crippen LogP contribution in [0.5, 0.6) is 0 Å². The van der Waals surface area contributed by atoms with Crippen molar-refractivity contribution in [2.24, 2.45) is 0 Å². The Morgan fingerprint density at radius 1 is 0.547 bits per heavy atom. The van der Waals surface area contributed by atoms with Crippen LogP contribution in [0.2, 0.25) is 10.0 Å². The summed E-state index contributed by atoms with van der Waals surface area (Å²) < 4.78 is 68.6. The molecule has 0 unspecified atom stereocenters. The van der Waals surface area contributed by atoms with E-state index in [-0.39, 0.29) is 37.0 Å². The second-order valence-corrected chi connectivity index (χ2v) is 17.3. The van der Waals surface area contributed by atoms with Crippen LogP contribution in [0.15, 0.2) is 95.1 Å². The van der Waals surface area contributed by atoms with Crippen LogP contribution in [0, 0.1) is 34.6 Å². The van der Waals surface area contributed by atoms with E-state index in [0.717, 1.165) is 0 Å². The Labute approximate surface area is 333 Å². The molecule has 0 atom stereocenters. The third-order valence-corrected chi connectivity index (χ3v) is 13.3. The van der Waals surface area contributed by atoms with Gasteiger partial charge < -0.3 is 0 Å². The molecule has 0 radical (unpaired) electrons. The highest BCUT2D eigenvalue weighted by Crippen LogP contribution is 2.31. The first-order valence-electron chi connectivity index (χ1n) is 15.5. The lowest BCUT2D eigenvalue weighted by Gasteiger charge is -2.20. The second-order valence-electron chi connectivity index (χ2n) is 12.0. The third kappa shape index (κ3) is 8.74. The molecule has 0 amide bonds. The lowest BCUT2D eigenvalue weighted by molar-refractivity contribution is 0.262. The normalized spacial score (nSPS) is 12.2. The van der Waals surface area contributed by atoms with Crippen LogP contribution in [0.25, 0.3) is 24.3 Å². The second kappa shape index (κ2) is 15.8. The topological polar surface area (TPSA) is 131 Å². The van der Waals surface area contributed by atoms with Crippen molar-refractivity contribution < 1.29 is 25.4 Å². The SMILES string of the molecule is Cc1cc(C)c(S(=O)(=O)On2c(C=Cc3ccc(Cl)cc3)cc(C)c(Br)c2=O)c(C)c1S(=O)(=O)On1c(C=Cc2ccc(Cl)cc2)cc(C)c(Br)c1=O. The minimum atomic E-state index is -4.91. The number of hydrogen-bond acceptors (Lipinski definition) is 8. The maximum absolute atomic E-state index is 14.1. The number of pyridine rings is 2. The van der Waals surface area contributed by atoms with Gasteiger partial charge in [0.15, 0.2) is 0 Å². The lowest BCUT2D eigenvalue weighted by atomic mass is 10.1. The van der Waals surface area contributed by atoms with Crippen LogP contribution in [0.3, 0.4) is 0 Å². The molecule has 3 aromatic carbocycles. The molecule has 0 saturated heterocycles. The van der Waals surface area contributed by atoms with Gasteiger partial charge in [-0.05, 0) is 154 Å². The molecule has 16 heteroatoms. The molecule has 0 bridgehead atoms. The number of aryl methyl sites for hydroxylation is 4. The molecule has 10 nitrogen and oxygen atoms in total. The van der Waals surface area contributed by atoms with Crippen molar-refractivity contribution in [2.45, 2.75) is 44.4 Å². The molecular formula is C37H30Br2Cl2N2O8S2. The maximum Gasteiger partial charge on any atom is 0.357 e. The van der Waals surface area contributed by atoms with E-state index in [1.165, 1.54) is 39.0 Å². The molecular weight excluding hydrogens is 895 g/mol. The Morgan fingerprint density at radius 3 is 1.23 bits per heavy atom. The zero-order chi connectivity index (χ0) is 39.0. The van der Waals surface area contributed by atoms with E-state index in [0.29, 0.717) is 41.8 Å². The number of benzene rings is 3. The lowest BCUT2D eigenvalue weighted by Crippen LogP contribution is -2.35. The molecule has 0 spiro atoms. The quantitative estimate of drug-likeness (QED) is 0.137. The highest BCUT2D eigenvalue weighted by atomic mass is 79.9. The van der Waals surface area contributed by atoms with E-state index in [9.17, 15) is 26.4 Å². The monoisotopic (exact) mass is 922 g/mol. The highest BCUT2D eigenvalue weighted by Gasteiger charge is 2.33. The van der Waals surface area contributed by atoms with Crippen LogP contribution in [-0.2, 0) is 20.2 Å². The molecule has 0 aliphatic carbocycles. The fourth-order valence-corrected chi connectivity index (χ4v) is 9.10. The Morgan fingerprint density at radius 2 is 0.887 bits per heavy atom. The van der Waals surface area contributed by atoms with Gasteiger partial charge in [0.05, 0.1) is 20.3 Å². The number of hydrogen-bond donors (Lipinski definition) is 0. The van der Waals surface area contributed by atoms with Crippen molar-refractivity contribution >= 4 is 99.6 Å². The van der Waals surface area contributed by atoms with Gasteiger partial charge >= 0.3 is 20.2 Å². The number of nitrogens with zero attached hydrogens (tertiary/aromatic N) is 2. The fraction of sp³-hybridized carbons (Fsp3) is 0.135.